The minimum Gasteiger partial charge on any atom is -0.311 e. The Labute approximate surface area is 150 Å². The molecule has 3 rings (SSSR count). The molecule has 0 atom stereocenters. The van der Waals surface area contributed by atoms with Crippen LogP contribution in [0.2, 0.25) is 0 Å². The summed E-state index contributed by atoms with van der Waals surface area (Å²) >= 11 is 1.59. The first-order valence-electron chi connectivity index (χ1n) is 7.48. The Morgan fingerprint density at radius 2 is 2.08 bits per heavy atom. The fourth-order valence-corrected chi connectivity index (χ4v) is 4.60. The van der Waals surface area contributed by atoms with Crippen molar-refractivity contribution in [3.05, 3.63) is 48.0 Å². The first-order chi connectivity index (χ1) is 11.9. The predicted molar refractivity (Wildman–Crippen MR) is 97.2 cm³/mol. The van der Waals surface area contributed by atoms with E-state index in [4.69, 9.17) is 5.26 Å². The molecule has 25 heavy (non-hydrogen) atoms. The zero-order valence-electron chi connectivity index (χ0n) is 13.4. The summed E-state index contributed by atoms with van der Waals surface area (Å²) < 4.78 is 27.8. The summed E-state index contributed by atoms with van der Waals surface area (Å²) in [7, 11) is -3.83. The van der Waals surface area contributed by atoms with Crippen LogP contribution in [0.25, 0.3) is 0 Å². The lowest BCUT2D eigenvalue weighted by Gasteiger charge is -2.28. The van der Waals surface area contributed by atoms with Gasteiger partial charge in [0, 0.05) is 24.1 Å². The number of nitriles is 1. The van der Waals surface area contributed by atoms with E-state index in [1.54, 1.807) is 40.9 Å². The van der Waals surface area contributed by atoms with Crippen LogP contribution in [0.5, 0.6) is 0 Å². The minimum absolute atomic E-state index is 0.0716. The average molecular weight is 373 g/mol. The van der Waals surface area contributed by atoms with Crippen LogP contribution >= 0.6 is 11.8 Å². The van der Waals surface area contributed by atoms with Crippen LogP contribution < -0.4 is 9.62 Å². The number of anilines is 2. The SMILES string of the molecule is CC(=O)N1CCSc2ccc(S(=O)(=O)Nc3cccc(C#N)c3)cc21. The third-order valence-corrected chi connectivity index (χ3v) is 6.15. The number of rotatable bonds is 3. The van der Waals surface area contributed by atoms with Gasteiger partial charge in [-0.1, -0.05) is 6.07 Å². The molecule has 2 aromatic rings. The van der Waals surface area contributed by atoms with Crippen LogP contribution in [-0.2, 0) is 14.8 Å². The number of hydrogen-bond acceptors (Lipinski definition) is 5. The van der Waals surface area contributed by atoms with Crippen LogP contribution in [0.1, 0.15) is 12.5 Å². The fourth-order valence-electron chi connectivity index (χ4n) is 2.56. The van der Waals surface area contributed by atoms with Crippen LogP contribution in [-0.4, -0.2) is 26.6 Å². The third kappa shape index (κ3) is 3.62. The number of sulfonamides is 1. The highest BCUT2D eigenvalue weighted by atomic mass is 32.2. The highest BCUT2D eigenvalue weighted by Crippen LogP contribution is 2.36. The maximum Gasteiger partial charge on any atom is 0.261 e. The summed E-state index contributed by atoms with van der Waals surface area (Å²) in [6.45, 7) is 2.01. The van der Waals surface area contributed by atoms with Gasteiger partial charge < -0.3 is 4.90 Å². The lowest BCUT2D eigenvalue weighted by molar-refractivity contribution is -0.116. The molecule has 1 heterocycles. The van der Waals surface area contributed by atoms with Gasteiger partial charge in [0.15, 0.2) is 0 Å². The monoisotopic (exact) mass is 373 g/mol. The summed E-state index contributed by atoms with van der Waals surface area (Å²) in [6.07, 6.45) is 0. The molecule has 1 aliphatic heterocycles. The normalized spacial score (nSPS) is 13.7. The highest BCUT2D eigenvalue weighted by Gasteiger charge is 2.24. The smallest absolute Gasteiger partial charge is 0.261 e. The Morgan fingerprint density at radius 1 is 1.28 bits per heavy atom. The Hall–Kier alpha value is -2.50. The molecule has 6 nitrogen and oxygen atoms in total. The standard InChI is InChI=1S/C17H15N3O3S2/c1-12(21)20-7-8-24-17-6-5-15(10-16(17)20)25(22,23)19-14-4-2-3-13(9-14)11-18/h2-6,9-10,19H,7-8H2,1H3. The molecule has 1 aliphatic rings. The zero-order chi connectivity index (χ0) is 18.0. The molecule has 0 bridgehead atoms. The van der Waals surface area contributed by atoms with Crippen LogP contribution in [0.15, 0.2) is 52.3 Å². The van der Waals surface area contributed by atoms with Gasteiger partial charge in [0.2, 0.25) is 5.91 Å². The van der Waals surface area contributed by atoms with Crippen molar-refractivity contribution < 1.29 is 13.2 Å². The number of benzene rings is 2. The van der Waals surface area contributed by atoms with Crippen molar-refractivity contribution in [2.45, 2.75) is 16.7 Å². The van der Waals surface area contributed by atoms with Crippen LogP contribution in [0, 0.1) is 11.3 Å². The third-order valence-electron chi connectivity index (χ3n) is 3.73. The van der Waals surface area contributed by atoms with E-state index >= 15 is 0 Å². The molecule has 128 valence electrons. The molecular weight excluding hydrogens is 358 g/mol. The van der Waals surface area contributed by atoms with Gasteiger partial charge in [0.1, 0.15) is 0 Å². The molecule has 0 unspecified atom stereocenters. The van der Waals surface area contributed by atoms with Crippen molar-refractivity contribution in [1.82, 2.24) is 0 Å². The fraction of sp³-hybridized carbons (Fsp3) is 0.176. The highest BCUT2D eigenvalue weighted by molar-refractivity contribution is 7.99. The summed E-state index contributed by atoms with van der Waals surface area (Å²) in [5.74, 6) is 0.656. The number of hydrogen-bond donors (Lipinski definition) is 1. The van der Waals surface area contributed by atoms with E-state index in [0.717, 1.165) is 10.6 Å². The lowest BCUT2D eigenvalue weighted by atomic mass is 10.2. The van der Waals surface area contributed by atoms with E-state index in [-0.39, 0.29) is 10.8 Å². The van der Waals surface area contributed by atoms with Crippen LogP contribution in [0.4, 0.5) is 11.4 Å². The largest absolute Gasteiger partial charge is 0.311 e. The molecule has 0 aromatic heterocycles. The molecule has 8 heteroatoms. The number of nitrogens with one attached hydrogen (secondary N) is 1. The van der Waals surface area contributed by atoms with E-state index in [0.29, 0.717) is 23.5 Å². The van der Waals surface area contributed by atoms with Gasteiger partial charge in [-0.05, 0) is 36.4 Å². The van der Waals surface area contributed by atoms with Crippen LogP contribution in [0.3, 0.4) is 0 Å². The maximum atomic E-state index is 12.7. The van der Waals surface area contributed by atoms with Crippen molar-refractivity contribution in [2.24, 2.45) is 0 Å². The molecule has 2 aromatic carbocycles. The second kappa shape index (κ2) is 6.78. The Balaban J connectivity index is 1.96. The molecule has 0 saturated carbocycles. The van der Waals surface area contributed by atoms with Gasteiger partial charge >= 0.3 is 0 Å². The molecule has 0 spiro atoms. The lowest BCUT2D eigenvalue weighted by Crippen LogP contribution is -2.33. The van der Waals surface area contributed by atoms with E-state index < -0.39 is 10.0 Å². The average Bonchev–Trinajstić information content (AvgIpc) is 2.60. The molecule has 0 aliphatic carbocycles. The second-order valence-electron chi connectivity index (χ2n) is 5.45. The first kappa shape index (κ1) is 17.3. The Morgan fingerprint density at radius 3 is 2.80 bits per heavy atom. The summed E-state index contributed by atoms with van der Waals surface area (Å²) in [5, 5.41) is 8.92. The molecule has 0 saturated heterocycles. The van der Waals surface area contributed by atoms with E-state index in [1.807, 2.05) is 6.07 Å². The predicted octanol–water partition coefficient (Wildman–Crippen LogP) is 2.82. The summed E-state index contributed by atoms with van der Waals surface area (Å²) in [5.41, 5.74) is 1.29. The molecular formula is C17H15N3O3S2. The minimum atomic E-state index is -3.83. The van der Waals surface area contributed by atoms with E-state index in [2.05, 4.69) is 4.72 Å². The van der Waals surface area contributed by atoms with Gasteiger partial charge in [0.05, 0.1) is 27.9 Å². The van der Waals surface area contributed by atoms with Crippen molar-refractivity contribution in [3.8, 4) is 6.07 Å². The van der Waals surface area contributed by atoms with Gasteiger partial charge in [-0.25, -0.2) is 8.42 Å². The van der Waals surface area contributed by atoms with Crippen molar-refractivity contribution in [1.29, 1.82) is 5.26 Å². The van der Waals surface area contributed by atoms with Crippen molar-refractivity contribution in [2.75, 3.05) is 21.9 Å². The Bertz CT molecular complexity index is 981. The number of fused-ring (bicyclic) bond motifs is 1. The molecule has 1 N–H and O–H groups in total. The van der Waals surface area contributed by atoms with Crippen molar-refractivity contribution in [3.63, 3.8) is 0 Å². The second-order valence-corrected chi connectivity index (χ2v) is 8.27. The maximum absolute atomic E-state index is 12.7. The van der Waals surface area contributed by atoms with E-state index in [9.17, 15) is 13.2 Å². The molecule has 0 fully saturated rings. The zero-order valence-corrected chi connectivity index (χ0v) is 15.0. The Kier molecular flexibility index (Phi) is 4.70. The van der Waals surface area contributed by atoms with Gasteiger partial charge in [-0.15, -0.1) is 11.8 Å². The number of amides is 1. The molecule has 1 amide bonds. The van der Waals surface area contributed by atoms with Gasteiger partial charge in [-0.2, -0.15) is 5.26 Å². The quantitative estimate of drug-likeness (QED) is 0.893. The number of nitrogens with zero attached hydrogens (tertiary/aromatic N) is 2. The van der Waals surface area contributed by atoms with Gasteiger partial charge in [-0.3, -0.25) is 9.52 Å². The summed E-state index contributed by atoms with van der Waals surface area (Å²) in [4.78, 5) is 14.3. The van der Waals surface area contributed by atoms with Crippen molar-refractivity contribution >= 4 is 39.1 Å². The first-order valence-corrected chi connectivity index (χ1v) is 9.95. The number of carbonyl (C=O) groups is 1. The van der Waals surface area contributed by atoms with Gasteiger partial charge in [0.25, 0.3) is 10.0 Å². The number of thioether (sulfide) groups is 1. The number of carbonyl (C=O) groups excluding carboxylic acids is 1. The molecule has 0 radical (unpaired) electrons. The van der Waals surface area contributed by atoms with E-state index in [1.165, 1.54) is 25.1 Å². The topological polar surface area (TPSA) is 90.3 Å². The summed E-state index contributed by atoms with van der Waals surface area (Å²) in [6, 6.07) is 13.0.